The third-order valence-electron chi connectivity index (χ3n) is 3.84. The van der Waals surface area contributed by atoms with Gasteiger partial charge in [0.2, 0.25) is 0 Å². The molecule has 1 heterocycles. The summed E-state index contributed by atoms with van der Waals surface area (Å²) < 4.78 is 2.57. The minimum atomic E-state index is 1.27. The normalized spacial score (nSPS) is 24.5. The van der Waals surface area contributed by atoms with Crippen LogP contribution < -0.4 is 0 Å². The van der Waals surface area contributed by atoms with E-state index in [1.807, 2.05) is 0 Å². The quantitative estimate of drug-likeness (QED) is 0.580. The molecule has 0 amide bonds. The van der Waals surface area contributed by atoms with E-state index in [9.17, 15) is 0 Å². The summed E-state index contributed by atoms with van der Waals surface area (Å²) in [5.74, 6) is 0. The van der Waals surface area contributed by atoms with E-state index in [1.165, 1.54) is 77.2 Å². The van der Waals surface area contributed by atoms with E-state index in [0.717, 1.165) is 0 Å². The van der Waals surface area contributed by atoms with Crippen molar-refractivity contribution in [2.75, 3.05) is 6.54 Å². The SMILES string of the molecule is C1=C([N+]2=CCCCCCC2)CCCCCC1. The molecule has 0 aromatic rings. The summed E-state index contributed by atoms with van der Waals surface area (Å²) in [4.78, 5) is 0. The first-order valence-electron chi connectivity index (χ1n) is 7.26. The van der Waals surface area contributed by atoms with Gasteiger partial charge in [0, 0.05) is 19.3 Å². The lowest BCUT2D eigenvalue weighted by molar-refractivity contribution is -0.478. The highest BCUT2D eigenvalue weighted by Crippen LogP contribution is 2.19. The molecule has 2 rings (SSSR count). The van der Waals surface area contributed by atoms with Gasteiger partial charge in [-0.2, -0.15) is 0 Å². The lowest BCUT2D eigenvalue weighted by atomic mass is 10.0. The van der Waals surface area contributed by atoms with Gasteiger partial charge >= 0.3 is 0 Å². The first-order chi connectivity index (χ1) is 7.97. The van der Waals surface area contributed by atoms with Crippen LogP contribution in [0.3, 0.4) is 0 Å². The van der Waals surface area contributed by atoms with Crippen LogP contribution >= 0.6 is 0 Å². The van der Waals surface area contributed by atoms with Crippen molar-refractivity contribution in [3.05, 3.63) is 11.8 Å². The van der Waals surface area contributed by atoms with Gasteiger partial charge in [-0.05, 0) is 38.2 Å². The molecule has 0 aromatic heterocycles. The van der Waals surface area contributed by atoms with Crippen LogP contribution in [0.4, 0.5) is 0 Å². The molecule has 1 aliphatic heterocycles. The smallest absolute Gasteiger partial charge is 0.176 e. The van der Waals surface area contributed by atoms with Gasteiger partial charge in [0.05, 0.1) is 0 Å². The van der Waals surface area contributed by atoms with E-state index >= 15 is 0 Å². The second-order valence-corrected chi connectivity index (χ2v) is 5.23. The largest absolute Gasteiger partial charge is 0.207 e. The zero-order valence-corrected chi connectivity index (χ0v) is 10.6. The topological polar surface area (TPSA) is 3.01 Å². The fourth-order valence-corrected chi connectivity index (χ4v) is 2.81. The van der Waals surface area contributed by atoms with Crippen LogP contribution in [0.5, 0.6) is 0 Å². The summed E-state index contributed by atoms with van der Waals surface area (Å²) >= 11 is 0. The minimum absolute atomic E-state index is 1.27. The maximum Gasteiger partial charge on any atom is 0.176 e. The van der Waals surface area contributed by atoms with Crippen LogP contribution in [-0.2, 0) is 0 Å². The summed E-state index contributed by atoms with van der Waals surface area (Å²) in [6.07, 6.45) is 20.2. The Labute approximate surface area is 100 Å². The molecule has 1 heteroatoms. The molecular weight excluding hydrogens is 194 g/mol. The third kappa shape index (κ3) is 3.77. The molecule has 0 atom stereocenters. The molecule has 0 aromatic carbocycles. The molecule has 0 saturated carbocycles. The Morgan fingerprint density at radius 2 is 1.50 bits per heavy atom. The van der Waals surface area contributed by atoms with Gasteiger partial charge in [0.15, 0.2) is 5.70 Å². The van der Waals surface area contributed by atoms with E-state index in [2.05, 4.69) is 16.9 Å². The third-order valence-corrected chi connectivity index (χ3v) is 3.84. The Morgan fingerprint density at radius 3 is 2.44 bits per heavy atom. The van der Waals surface area contributed by atoms with Crippen molar-refractivity contribution >= 4 is 6.21 Å². The van der Waals surface area contributed by atoms with Gasteiger partial charge in [0.1, 0.15) is 12.8 Å². The first kappa shape index (κ1) is 11.9. The van der Waals surface area contributed by atoms with E-state index in [0.29, 0.717) is 0 Å². The molecule has 0 spiro atoms. The highest BCUT2D eigenvalue weighted by atomic mass is 15.0. The highest BCUT2D eigenvalue weighted by molar-refractivity contribution is 5.51. The van der Waals surface area contributed by atoms with E-state index < -0.39 is 0 Å². The van der Waals surface area contributed by atoms with Gasteiger partial charge in [-0.25, -0.2) is 4.58 Å². The molecule has 0 saturated heterocycles. The van der Waals surface area contributed by atoms with Crippen molar-refractivity contribution in [1.29, 1.82) is 0 Å². The zero-order chi connectivity index (χ0) is 11.1. The Morgan fingerprint density at radius 1 is 0.750 bits per heavy atom. The van der Waals surface area contributed by atoms with E-state index in [1.54, 1.807) is 5.70 Å². The first-order valence-corrected chi connectivity index (χ1v) is 7.26. The summed E-state index contributed by atoms with van der Waals surface area (Å²) in [5, 5.41) is 0. The summed E-state index contributed by atoms with van der Waals surface area (Å²) in [7, 11) is 0. The Balaban J connectivity index is 2.01. The number of nitrogens with zero attached hydrogens (tertiary/aromatic N) is 1. The van der Waals surface area contributed by atoms with Crippen molar-refractivity contribution in [3.8, 4) is 0 Å². The molecule has 0 N–H and O–H groups in total. The van der Waals surface area contributed by atoms with E-state index in [-0.39, 0.29) is 0 Å². The van der Waals surface area contributed by atoms with E-state index in [4.69, 9.17) is 0 Å². The number of hydrogen-bond acceptors (Lipinski definition) is 0. The Bertz CT molecular complexity index is 235. The van der Waals surface area contributed by atoms with Crippen LogP contribution in [-0.4, -0.2) is 17.3 Å². The zero-order valence-electron chi connectivity index (χ0n) is 10.6. The standard InChI is InChI=1S/C15H26N/c1-3-7-11-15(12-8-4-1)16-13-9-5-2-6-10-14-16/h11,13H,1-10,12,14H2/q+1. The van der Waals surface area contributed by atoms with Gasteiger partial charge in [-0.1, -0.05) is 19.3 Å². The van der Waals surface area contributed by atoms with Gasteiger partial charge in [0.25, 0.3) is 0 Å². The molecule has 0 fully saturated rings. The number of allylic oxidation sites excluding steroid dienone is 2. The molecule has 90 valence electrons. The van der Waals surface area contributed by atoms with Crippen LogP contribution in [0.1, 0.15) is 70.6 Å². The molecule has 16 heavy (non-hydrogen) atoms. The molecule has 0 unspecified atom stereocenters. The number of hydrogen-bond donors (Lipinski definition) is 0. The Hall–Kier alpha value is -0.590. The average Bonchev–Trinajstić information content (AvgIpc) is 2.18. The van der Waals surface area contributed by atoms with Crippen LogP contribution in [0, 0.1) is 0 Å². The van der Waals surface area contributed by atoms with Crippen molar-refractivity contribution in [1.82, 2.24) is 0 Å². The van der Waals surface area contributed by atoms with Crippen molar-refractivity contribution in [3.63, 3.8) is 0 Å². The summed E-state index contributed by atoms with van der Waals surface area (Å²) in [5.41, 5.74) is 1.63. The van der Waals surface area contributed by atoms with Crippen molar-refractivity contribution < 1.29 is 4.58 Å². The number of rotatable bonds is 1. The van der Waals surface area contributed by atoms with Crippen LogP contribution in [0.25, 0.3) is 0 Å². The van der Waals surface area contributed by atoms with Gasteiger partial charge in [-0.15, -0.1) is 0 Å². The average molecular weight is 220 g/mol. The molecule has 1 nitrogen and oxygen atoms in total. The predicted octanol–water partition coefficient (Wildman–Crippen LogP) is 4.27. The summed E-state index contributed by atoms with van der Waals surface area (Å²) in [6.45, 7) is 1.27. The second kappa shape index (κ2) is 6.88. The predicted molar refractivity (Wildman–Crippen MR) is 70.1 cm³/mol. The van der Waals surface area contributed by atoms with Crippen molar-refractivity contribution in [2.45, 2.75) is 70.6 Å². The molecule has 2 aliphatic rings. The van der Waals surface area contributed by atoms with Crippen LogP contribution in [0.2, 0.25) is 0 Å². The fourth-order valence-electron chi connectivity index (χ4n) is 2.81. The van der Waals surface area contributed by atoms with Gasteiger partial charge < -0.3 is 0 Å². The monoisotopic (exact) mass is 220 g/mol. The lowest BCUT2D eigenvalue weighted by Gasteiger charge is -2.12. The highest BCUT2D eigenvalue weighted by Gasteiger charge is 2.14. The summed E-state index contributed by atoms with van der Waals surface area (Å²) in [6, 6.07) is 0. The molecule has 1 aliphatic carbocycles. The van der Waals surface area contributed by atoms with Gasteiger partial charge in [-0.3, -0.25) is 0 Å². The second-order valence-electron chi connectivity index (χ2n) is 5.23. The Kier molecular flexibility index (Phi) is 5.11. The van der Waals surface area contributed by atoms with Crippen LogP contribution in [0.15, 0.2) is 11.8 Å². The van der Waals surface area contributed by atoms with Crippen molar-refractivity contribution in [2.24, 2.45) is 0 Å². The molecule has 0 bridgehead atoms. The maximum absolute atomic E-state index is 2.57. The maximum atomic E-state index is 2.57. The minimum Gasteiger partial charge on any atom is -0.207 e. The lowest BCUT2D eigenvalue weighted by Crippen LogP contribution is -2.17. The fraction of sp³-hybridized carbons (Fsp3) is 0.800. The molecule has 0 radical (unpaired) electrons. The molecular formula is C15H26N+.